The summed E-state index contributed by atoms with van der Waals surface area (Å²) in [5, 5.41) is 142. The van der Waals surface area contributed by atoms with Crippen LogP contribution in [0.1, 0.15) is 54.0 Å². The maximum atomic E-state index is 14.7. The molecule has 0 spiro atoms. The fourth-order valence-electron chi connectivity index (χ4n) is 9.07. The summed E-state index contributed by atoms with van der Waals surface area (Å²) in [7, 11) is 0. The van der Waals surface area contributed by atoms with E-state index < -0.39 is 204 Å². The van der Waals surface area contributed by atoms with Crippen molar-refractivity contribution in [3.63, 3.8) is 0 Å². The van der Waals surface area contributed by atoms with Gasteiger partial charge in [-0.15, -0.1) is 0 Å². The summed E-state index contributed by atoms with van der Waals surface area (Å²) in [4.78, 5) is 98.4. The number of rotatable bonds is 2. The molecule has 7 aliphatic rings. The molecule has 0 radical (unpaired) electrons. The van der Waals surface area contributed by atoms with Crippen molar-refractivity contribution in [3.8, 4) is 51.7 Å². The molecule has 3 aromatic carbocycles. The van der Waals surface area contributed by atoms with Gasteiger partial charge in [0.1, 0.15) is 12.7 Å². The molecule has 3 aromatic rings. The third-order valence-corrected chi connectivity index (χ3v) is 12.4. The first kappa shape index (κ1) is 44.6. The molecule has 5 aliphatic heterocycles. The van der Waals surface area contributed by atoms with Crippen molar-refractivity contribution in [2.45, 2.75) is 65.7 Å². The summed E-state index contributed by atoms with van der Waals surface area (Å²) in [5.41, 5.74) is -7.33. The molecule has 2 aliphatic carbocycles. The molecule has 8 bridgehead atoms. The second-order valence-corrected chi connectivity index (χ2v) is 16.3. The van der Waals surface area contributed by atoms with Crippen LogP contribution in [0.25, 0.3) is 0 Å². The SMILES string of the molecule is O=C1OC[C@H]2O[C@@H](OC(=O)c3cc(O)c(O)c(O)c3)[C@@H]3OC(=O)c4cc(O)c(O)c5c4[C@@H]4C(=CC(=O)[C@](O)(O5)C4(O)O)C(=O)O[C@H]2[C@@H]3OC(=O)c2cc(O)c(O)c3c2[C@@H]2C1=CC(=O)[C@](O)(O3)C2(O)O. The van der Waals surface area contributed by atoms with Crippen molar-refractivity contribution in [2.75, 3.05) is 6.61 Å². The van der Waals surface area contributed by atoms with E-state index in [4.69, 9.17) is 37.9 Å². The van der Waals surface area contributed by atoms with Gasteiger partial charge < -0.3 is 104 Å². The van der Waals surface area contributed by atoms with Crippen LogP contribution < -0.4 is 9.47 Å². The lowest BCUT2D eigenvalue weighted by atomic mass is 9.70. The standard InChI is InChI=1S/C41H28O28/c42-13-1-8(2-14(43)24(13)48)32(51)67-37-31-30-27(64-36(55)12-6-19(47)41(61)39(58,59)23(12)21-10(35(54)66-31)4-16(45)26(50)29(21)69-41)17(63-37)7-62-33(52)11-5-18(46)40(60)38(56,57)22(11)20-9(34(53)65-30)3-15(44)25(49)28(20)68-40/h1-6,17,22-23,27,30-31,37,42-45,48-50,56-61H,7H2/t17-,22+,23+,27-,30+,31-,37+,40+,41+/m1/s1. The number of phenols is 7. The molecular formula is C41H28O28. The van der Waals surface area contributed by atoms with Crippen molar-refractivity contribution in [2.24, 2.45) is 0 Å². The molecule has 0 unspecified atom stereocenters. The first-order valence-electron chi connectivity index (χ1n) is 19.6. The van der Waals surface area contributed by atoms with E-state index in [-0.39, 0.29) is 6.08 Å². The lowest BCUT2D eigenvalue weighted by Gasteiger charge is -2.49. The van der Waals surface area contributed by atoms with Gasteiger partial charge >= 0.3 is 41.4 Å². The predicted octanol–water partition coefficient (Wildman–Crippen LogP) is -3.85. The molecule has 0 saturated carbocycles. The number of carbonyl (C=O) groups excluding carboxylic acids is 7. The number of aromatic hydroxyl groups is 7. The normalized spacial score (nSPS) is 31.2. The Kier molecular flexibility index (Phi) is 9.14. The van der Waals surface area contributed by atoms with Gasteiger partial charge in [-0.05, 0) is 36.4 Å². The first-order chi connectivity index (χ1) is 32.2. The highest BCUT2D eigenvalue weighted by molar-refractivity contribution is 6.10. The van der Waals surface area contributed by atoms with Crippen LogP contribution in [-0.2, 0) is 47.6 Å². The molecule has 10 rings (SSSR count). The number of aliphatic hydroxyl groups is 6. The molecule has 0 aromatic heterocycles. The second kappa shape index (κ2) is 14.1. The Bertz CT molecular complexity index is 3010. The highest BCUT2D eigenvalue weighted by Gasteiger charge is 2.72. The Morgan fingerprint density at radius 3 is 1.48 bits per heavy atom. The van der Waals surface area contributed by atoms with E-state index >= 15 is 0 Å². The summed E-state index contributed by atoms with van der Waals surface area (Å²) in [6.45, 7) is -1.35. The van der Waals surface area contributed by atoms with Crippen molar-refractivity contribution < 1.29 is 138 Å². The Labute approximate surface area is 378 Å². The Morgan fingerprint density at radius 1 is 0.551 bits per heavy atom. The number of cyclic esters (lactones) is 1. The fraction of sp³-hybridized carbons (Fsp3) is 0.293. The molecule has 0 amide bonds. The number of hydrogen-bond acceptors (Lipinski definition) is 28. The fourth-order valence-corrected chi connectivity index (χ4v) is 9.07. The number of ether oxygens (including phenoxy) is 8. The molecule has 13 N–H and O–H groups in total. The molecule has 69 heavy (non-hydrogen) atoms. The third-order valence-electron chi connectivity index (χ3n) is 12.4. The van der Waals surface area contributed by atoms with E-state index in [1.54, 1.807) is 0 Å². The van der Waals surface area contributed by atoms with Crippen LogP contribution in [0.15, 0.2) is 47.6 Å². The minimum absolute atomic E-state index is 0.260. The van der Waals surface area contributed by atoms with E-state index in [1.165, 1.54) is 0 Å². The van der Waals surface area contributed by atoms with Gasteiger partial charge in [0.15, 0.2) is 52.5 Å². The topological polar surface area (TPSA) is 456 Å². The van der Waals surface area contributed by atoms with E-state index in [2.05, 4.69) is 0 Å². The van der Waals surface area contributed by atoms with Gasteiger partial charge in [0.05, 0.1) is 39.7 Å². The summed E-state index contributed by atoms with van der Waals surface area (Å²) in [6, 6.07) is 1.89. The smallest absolute Gasteiger partial charge is 0.340 e. The van der Waals surface area contributed by atoms with Gasteiger partial charge in [0, 0.05) is 11.1 Å². The molecule has 1 saturated heterocycles. The maximum absolute atomic E-state index is 14.7. The number of hydrogen-bond donors (Lipinski definition) is 13. The van der Waals surface area contributed by atoms with Gasteiger partial charge in [0.2, 0.25) is 35.5 Å². The monoisotopic (exact) mass is 968 g/mol. The van der Waals surface area contributed by atoms with Crippen LogP contribution in [0, 0.1) is 0 Å². The zero-order valence-electron chi connectivity index (χ0n) is 33.7. The summed E-state index contributed by atoms with van der Waals surface area (Å²) in [5.74, 6) is -44.2. The zero-order valence-corrected chi connectivity index (χ0v) is 33.7. The quantitative estimate of drug-likeness (QED) is 0.0506. The summed E-state index contributed by atoms with van der Waals surface area (Å²) < 4.78 is 44.1. The van der Waals surface area contributed by atoms with Crippen LogP contribution in [0.5, 0.6) is 51.7 Å². The van der Waals surface area contributed by atoms with Gasteiger partial charge in [0.25, 0.3) is 11.6 Å². The van der Waals surface area contributed by atoms with Crippen LogP contribution in [0.2, 0.25) is 0 Å². The highest BCUT2D eigenvalue weighted by atomic mass is 16.8. The van der Waals surface area contributed by atoms with Crippen molar-refractivity contribution in [1.82, 2.24) is 0 Å². The first-order valence-corrected chi connectivity index (χ1v) is 19.6. The predicted molar refractivity (Wildman–Crippen MR) is 201 cm³/mol. The molecular weight excluding hydrogens is 940 g/mol. The average Bonchev–Trinajstić information content (AvgIpc) is 3.27. The van der Waals surface area contributed by atoms with E-state index in [0.29, 0.717) is 30.3 Å². The minimum atomic E-state index is -3.99. The van der Waals surface area contributed by atoms with E-state index in [0.717, 1.165) is 0 Å². The molecule has 360 valence electrons. The number of fused-ring (bicyclic) bond motifs is 2. The second-order valence-electron chi connectivity index (χ2n) is 16.3. The maximum Gasteiger partial charge on any atom is 0.340 e. The van der Waals surface area contributed by atoms with Gasteiger partial charge in [-0.1, -0.05) is 0 Å². The largest absolute Gasteiger partial charge is 0.504 e. The summed E-state index contributed by atoms with van der Waals surface area (Å²) in [6.07, 6.45) is -11.9. The minimum Gasteiger partial charge on any atom is -0.504 e. The number of benzene rings is 3. The molecule has 9 atom stereocenters. The van der Waals surface area contributed by atoms with Crippen LogP contribution in [0.4, 0.5) is 0 Å². The molecule has 5 heterocycles. The summed E-state index contributed by atoms with van der Waals surface area (Å²) >= 11 is 0. The number of ketones is 2. The molecule has 1 fully saturated rings. The van der Waals surface area contributed by atoms with Crippen molar-refractivity contribution in [1.29, 1.82) is 0 Å². The Hall–Kier alpha value is -8.25. The van der Waals surface area contributed by atoms with Crippen LogP contribution in [-0.4, -0.2) is 168 Å². The van der Waals surface area contributed by atoms with Gasteiger partial charge in [-0.25, -0.2) is 24.0 Å². The number of phenolic OH excluding ortho intramolecular Hbond substituents is 7. The van der Waals surface area contributed by atoms with Crippen molar-refractivity contribution >= 4 is 41.4 Å². The van der Waals surface area contributed by atoms with Gasteiger partial charge in [-0.2, -0.15) is 0 Å². The molecule has 28 nitrogen and oxygen atoms in total. The number of esters is 5. The third kappa shape index (κ3) is 5.84. The average molecular weight is 969 g/mol. The van der Waals surface area contributed by atoms with E-state index in [9.17, 15) is 99.9 Å². The Morgan fingerprint density at radius 2 is 0.986 bits per heavy atom. The van der Waals surface area contributed by atoms with E-state index in [1.807, 2.05) is 0 Å². The lowest BCUT2D eigenvalue weighted by molar-refractivity contribution is -0.339. The molecule has 28 heteroatoms. The van der Waals surface area contributed by atoms with Crippen molar-refractivity contribution in [3.05, 3.63) is 75.4 Å². The van der Waals surface area contributed by atoms with Crippen LogP contribution >= 0.6 is 0 Å². The zero-order chi connectivity index (χ0) is 49.9. The van der Waals surface area contributed by atoms with Gasteiger partial charge in [-0.3, -0.25) is 9.59 Å². The number of carbonyl (C=O) groups is 7. The lowest BCUT2D eigenvalue weighted by Crippen LogP contribution is -2.70. The highest BCUT2D eigenvalue weighted by Crippen LogP contribution is 2.60. The Balaban J connectivity index is 1.21. The van der Waals surface area contributed by atoms with Crippen LogP contribution in [0.3, 0.4) is 0 Å².